The van der Waals surface area contributed by atoms with Crippen molar-refractivity contribution in [3.05, 3.63) is 41.6 Å². The zero-order chi connectivity index (χ0) is 16.9. The van der Waals surface area contributed by atoms with Crippen molar-refractivity contribution in [1.29, 1.82) is 5.26 Å². The van der Waals surface area contributed by atoms with Crippen LogP contribution in [0.25, 0.3) is 0 Å². The number of nitriles is 1. The minimum absolute atomic E-state index is 0.121. The summed E-state index contributed by atoms with van der Waals surface area (Å²) in [5.41, 5.74) is -0.750. The predicted octanol–water partition coefficient (Wildman–Crippen LogP) is 3.54. The highest BCUT2D eigenvalue weighted by Crippen LogP contribution is 2.30. The minimum Gasteiger partial charge on any atom is -0.360 e. The van der Waals surface area contributed by atoms with Crippen molar-refractivity contribution in [2.45, 2.75) is 25.4 Å². The number of carbonyl (C=O) groups is 1. The molecule has 1 aromatic rings. The van der Waals surface area contributed by atoms with Gasteiger partial charge in [0.1, 0.15) is 11.6 Å². The highest BCUT2D eigenvalue weighted by atomic mass is 19.4. The zero-order valence-corrected chi connectivity index (χ0v) is 12.4. The third-order valence-corrected chi connectivity index (χ3v) is 3.57. The van der Waals surface area contributed by atoms with Gasteiger partial charge in [-0.1, -0.05) is 6.07 Å². The lowest BCUT2D eigenvalue weighted by Crippen LogP contribution is -2.36. The van der Waals surface area contributed by atoms with Gasteiger partial charge in [0.25, 0.3) is 5.91 Å². The molecule has 0 aromatic heterocycles. The molecule has 122 valence electrons. The fourth-order valence-corrected chi connectivity index (χ4v) is 2.35. The lowest BCUT2D eigenvalue weighted by molar-refractivity contribution is -0.137. The van der Waals surface area contributed by atoms with E-state index in [1.54, 1.807) is 11.0 Å². The van der Waals surface area contributed by atoms with Gasteiger partial charge in [-0.05, 0) is 37.5 Å². The van der Waals surface area contributed by atoms with Gasteiger partial charge in [0, 0.05) is 25.0 Å². The Balaban J connectivity index is 2.10. The standard InChI is InChI=1S/C16H16F3N3O/c17-16(18,19)13-5-4-6-14(9-13)21-11-12(10-20)15(23)22-7-2-1-3-8-22/h4-6,9,11,21H,1-3,7-8H2/b12-11-. The Morgan fingerprint density at radius 1 is 1.26 bits per heavy atom. The van der Waals surface area contributed by atoms with Gasteiger partial charge in [-0.3, -0.25) is 4.79 Å². The van der Waals surface area contributed by atoms with Crippen LogP contribution in [-0.4, -0.2) is 23.9 Å². The summed E-state index contributed by atoms with van der Waals surface area (Å²) >= 11 is 0. The van der Waals surface area contributed by atoms with Crippen molar-refractivity contribution in [2.75, 3.05) is 18.4 Å². The number of alkyl halides is 3. The van der Waals surface area contributed by atoms with Crippen molar-refractivity contribution in [1.82, 2.24) is 4.90 Å². The molecule has 1 N–H and O–H groups in total. The predicted molar refractivity (Wildman–Crippen MR) is 79.2 cm³/mol. The highest BCUT2D eigenvalue weighted by Gasteiger charge is 2.30. The Labute approximate surface area is 132 Å². The second kappa shape index (κ2) is 7.18. The van der Waals surface area contributed by atoms with E-state index in [0.29, 0.717) is 13.1 Å². The first-order valence-corrected chi connectivity index (χ1v) is 7.25. The Morgan fingerprint density at radius 3 is 2.57 bits per heavy atom. The number of anilines is 1. The molecule has 0 atom stereocenters. The van der Waals surface area contributed by atoms with Crippen molar-refractivity contribution in [3.8, 4) is 6.07 Å². The molecule has 1 aliphatic rings. The Bertz CT molecular complexity index is 641. The van der Waals surface area contributed by atoms with Crippen LogP contribution in [-0.2, 0) is 11.0 Å². The van der Waals surface area contributed by atoms with Gasteiger partial charge in [-0.15, -0.1) is 0 Å². The number of halogens is 3. The number of nitrogens with zero attached hydrogens (tertiary/aromatic N) is 2. The lowest BCUT2D eigenvalue weighted by atomic mass is 10.1. The van der Waals surface area contributed by atoms with Gasteiger partial charge in [0.15, 0.2) is 0 Å². The molecule has 1 aliphatic heterocycles. The van der Waals surface area contributed by atoms with E-state index in [2.05, 4.69) is 5.32 Å². The third-order valence-electron chi connectivity index (χ3n) is 3.57. The highest BCUT2D eigenvalue weighted by molar-refractivity contribution is 5.97. The average Bonchev–Trinajstić information content (AvgIpc) is 2.55. The number of benzene rings is 1. The van der Waals surface area contributed by atoms with Crippen LogP contribution in [0.15, 0.2) is 36.0 Å². The summed E-state index contributed by atoms with van der Waals surface area (Å²) in [6, 6.07) is 6.38. The number of carbonyl (C=O) groups excluding carboxylic acids is 1. The number of likely N-dealkylation sites (tertiary alicyclic amines) is 1. The van der Waals surface area contributed by atoms with Crippen molar-refractivity contribution in [3.63, 3.8) is 0 Å². The van der Waals surface area contributed by atoms with Crippen LogP contribution in [0.2, 0.25) is 0 Å². The van der Waals surface area contributed by atoms with E-state index in [4.69, 9.17) is 5.26 Å². The average molecular weight is 323 g/mol. The molecule has 23 heavy (non-hydrogen) atoms. The van der Waals surface area contributed by atoms with Crippen LogP contribution in [0.5, 0.6) is 0 Å². The number of hydrogen-bond donors (Lipinski definition) is 1. The summed E-state index contributed by atoms with van der Waals surface area (Å²) in [5, 5.41) is 11.7. The summed E-state index contributed by atoms with van der Waals surface area (Å²) in [4.78, 5) is 13.8. The second-order valence-electron chi connectivity index (χ2n) is 5.25. The molecule has 0 radical (unpaired) electrons. The number of rotatable bonds is 3. The molecule has 0 unspecified atom stereocenters. The summed E-state index contributed by atoms with van der Waals surface area (Å²) in [6.45, 7) is 1.20. The monoisotopic (exact) mass is 323 g/mol. The topological polar surface area (TPSA) is 56.1 Å². The molecule has 0 spiro atoms. The molecule has 1 aromatic carbocycles. The Kier molecular flexibility index (Phi) is 5.27. The van der Waals surface area contributed by atoms with E-state index in [1.165, 1.54) is 12.1 Å². The summed E-state index contributed by atoms with van der Waals surface area (Å²) in [7, 11) is 0. The van der Waals surface area contributed by atoms with E-state index in [0.717, 1.165) is 37.6 Å². The van der Waals surface area contributed by atoms with Gasteiger partial charge < -0.3 is 10.2 Å². The Hall–Kier alpha value is -2.49. The van der Waals surface area contributed by atoms with Gasteiger partial charge in [-0.25, -0.2) is 0 Å². The largest absolute Gasteiger partial charge is 0.416 e. The maximum absolute atomic E-state index is 12.6. The summed E-state index contributed by atoms with van der Waals surface area (Å²) < 4.78 is 37.9. The molecule has 1 heterocycles. The maximum Gasteiger partial charge on any atom is 0.416 e. The number of hydrogen-bond acceptors (Lipinski definition) is 3. The maximum atomic E-state index is 12.6. The van der Waals surface area contributed by atoms with Gasteiger partial charge >= 0.3 is 6.18 Å². The lowest BCUT2D eigenvalue weighted by Gasteiger charge is -2.26. The first-order chi connectivity index (χ1) is 10.9. The molecule has 7 heteroatoms. The smallest absolute Gasteiger partial charge is 0.360 e. The summed E-state index contributed by atoms with van der Waals surface area (Å²) in [6.07, 6.45) is -0.440. The van der Waals surface area contributed by atoms with E-state index in [9.17, 15) is 18.0 Å². The minimum atomic E-state index is -4.44. The van der Waals surface area contributed by atoms with E-state index in [-0.39, 0.29) is 11.3 Å². The third kappa shape index (κ3) is 4.49. The van der Waals surface area contributed by atoms with Gasteiger partial charge in [-0.2, -0.15) is 18.4 Å². The molecule has 2 rings (SSSR count). The second-order valence-corrected chi connectivity index (χ2v) is 5.25. The van der Waals surface area contributed by atoms with Crippen molar-refractivity contribution in [2.24, 2.45) is 0 Å². The summed E-state index contributed by atoms with van der Waals surface area (Å²) in [5.74, 6) is -0.397. The molecular formula is C16H16F3N3O. The molecule has 4 nitrogen and oxygen atoms in total. The molecule has 1 amide bonds. The number of nitrogens with one attached hydrogen (secondary N) is 1. The fourth-order valence-electron chi connectivity index (χ4n) is 2.35. The molecule has 0 saturated carbocycles. The number of piperidine rings is 1. The van der Waals surface area contributed by atoms with Gasteiger partial charge in [0.2, 0.25) is 0 Å². The van der Waals surface area contributed by atoms with Crippen LogP contribution < -0.4 is 5.32 Å². The van der Waals surface area contributed by atoms with E-state index in [1.807, 2.05) is 0 Å². The van der Waals surface area contributed by atoms with Crippen LogP contribution in [0.3, 0.4) is 0 Å². The van der Waals surface area contributed by atoms with Crippen LogP contribution in [0.1, 0.15) is 24.8 Å². The van der Waals surface area contributed by atoms with Gasteiger partial charge in [0.05, 0.1) is 5.56 Å². The van der Waals surface area contributed by atoms with Crippen LogP contribution in [0, 0.1) is 11.3 Å². The van der Waals surface area contributed by atoms with Crippen molar-refractivity contribution >= 4 is 11.6 Å². The molecule has 1 saturated heterocycles. The van der Waals surface area contributed by atoms with Crippen LogP contribution in [0.4, 0.5) is 18.9 Å². The fraction of sp³-hybridized carbons (Fsp3) is 0.375. The molecule has 0 aliphatic carbocycles. The molecular weight excluding hydrogens is 307 g/mol. The van der Waals surface area contributed by atoms with Crippen molar-refractivity contribution < 1.29 is 18.0 Å². The Morgan fingerprint density at radius 2 is 1.96 bits per heavy atom. The number of amides is 1. The first kappa shape index (κ1) is 16.9. The first-order valence-electron chi connectivity index (χ1n) is 7.25. The van der Waals surface area contributed by atoms with Crippen LogP contribution >= 0.6 is 0 Å². The normalized spacial score (nSPS) is 15.9. The van der Waals surface area contributed by atoms with E-state index >= 15 is 0 Å². The molecule has 0 bridgehead atoms. The quantitative estimate of drug-likeness (QED) is 0.684. The molecule has 1 fully saturated rings. The SMILES string of the molecule is N#C/C(=C/Nc1cccc(C(F)(F)F)c1)C(=O)N1CCCCC1. The zero-order valence-electron chi connectivity index (χ0n) is 12.4. The van der Waals surface area contributed by atoms with E-state index < -0.39 is 17.6 Å².